The highest BCUT2D eigenvalue weighted by atomic mass is 19.4. The number of rotatable bonds is 3. The van der Waals surface area contributed by atoms with E-state index in [2.05, 4.69) is 10.4 Å². The van der Waals surface area contributed by atoms with Crippen LogP contribution < -0.4 is 21.2 Å². The van der Waals surface area contributed by atoms with Gasteiger partial charge in [-0.3, -0.25) is 19.5 Å². The van der Waals surface area contributed by atoms with Gasteiger partial charge in [-0.05, 0) is 31.2 Å². The third-order valence-electron chi connectivity index (χ3n) is 3.92. The van der Waals surface area contributed by atoms with Crippen molar-refractivity contribution in [3.05, 3.63) is 61.8 Å². The average Bonchev–Trinajstić information content (AvgIpc) is 2.93. The lowest BCUT2D eigenvalue weighted by atomic mass is 10.2. The van der Waals surface area contributed by atoms with Gasteiger partial charge in [-0.25, -0.2) is 0 Å². The first-order valence-electron chi connectivity index (χ1n) is 7.53. The van der Waals surface area contributed by atoms with Crippen LogP contribution >= 0.6 is 0 Å². The smallest absolute Gasteiger partial charge is 0.431 e. The second-order valence-corrected chi connectivity index (χ2v) is 5.61. The molecule has 8 nitrogen and oxygen atoms in total. The van der Waals surface area contributed by atoms with Crippen molar-refractivity contribution in [3.8, 4) is 5.75 Å². The molecule has 0 aliphatic heterocycles. The van der Waals surface area contributed by atoms with Crippen molar-refractivity contribution in [2.75, 3.05) is 12.4 Å². The number of H-pyrrole nitrogens is 2. The monoisotopic (exact) mass is 382 g/mol. The van der Waals surface area contributed by atoms with Gasteiger partial charge in [0.2, 0.25) is 0 Å². The standard InChI is InChI=1S/C16H13F3N4O4/c1-7-11(16(17,18)19)21-12-10(14(25)22-23(12)15(7)26)20-13(24)8-3-5-9(27-2)6-4-8/h3-6,21H,1-2H3,(H,20,24)(H,22,25). The summed E-state index contributed by atoms with van der Waals surface area (Å²) in [6.07, 6.45) is -4.84. The van der Waals surface area contributed by atoms with Gasteiger partial charge in [-0.1, -0.05) is 0 Å². The van der Waals surface area contributed by atoms with E-state index in [1.54, 1.807) is 0 Å². The Bertz CT molecular complexity index is 1140. The maximum atomic E-state index is 13.1. The second kappa shape index (κ2) is 6.34. The Kier molecular flexibility index (Phi) is 4.30. The van der Waals surface area contributed by atoms with Crippen LogP contribution in [0.5, 0.6) is 5.75 Å². The lowest BCUT2D eigenvalue weighted by molar-refractivity contribution is -0.141. The Morgan fingerprint density at radius 2 is 1.81 bits per heavy atom. The molecule has 0 unspecified atom stereocenters. The molecule has 2 heterocycles. The molecule has 3 rings (SSSR count). The Morgan fingerprint density at radius 3 is 2.37 bits per heavy atom. The summed E-state index contributed by atoms with van der Waals surface area (Å²) in [6.45, 7) is 0.981. The number of amides is 1. The first kappa shape index (κ1) is 18.3. The normalized spacial score (nSPS) is 11.6. The van der Waals surface area contributed by atoms with E-state index in [9.17, 15) is 27.6 Å². The highest BCUT2D eigenvalue weighted by Gasteiger charge is 2.36. The number of nitrogens with zero attached hydrogens (tertiary/aromatic N) is 1. The number of fused-ring (bicyclic) bond motifs is 1. The molecule has 142 valence electrons. The molecule has 0 aliphatic carbocycles. The fourth-order valence-corrected chi connectivity index (χ4v) is 2.52. The van der Waals surface area contributed by atoms with E-state index in [1.165, 1.54) is 31.4 Å². The third kappa shape index (κ3) is 3.18. The molecule has 1 aromatic carbocycles. The Hall–Kier alpha value is -3.50. The molecule has 11 heteroatoms. The van der Waals surface area contributed by atoms with Crippen molar-refractivity contribution >= 4 is 17.2 Å². The number of aromatic nitrogens is 3. The summed E-state index contributed by atoms with van der Waals surface area (Å²) in [7, 11) is 1.44. The number of carbonyl (C=O) groups excluding carboxylic acids is 1. The number of benzene rings is 1. The number of alkyl halides is 3. The van der Waals surface area contributed by atoms with Crippen molar-refractivity contribution in [1.82, 2.24) is 14.6 Å². The largest absolute Gasteiger partial charge is 0.497 e. The van der Waals surface area contributed by atoms with Gasteiger partial charge in [-0.2, -0.15) is 17.7 Å². The fraction of sp³-hybridized carbons (Fsp3) is 0.188. The lowest BCUT2D eigenvalue weighted by Crippen LogP contribution is -2.25. The van der Waals surface area contributed by atoms with E-state index in [0.29, 0.717) is 10.3 Å². The van der Waals surface area contributed by atoms with Crippen LogP contribution in [0.3, 0.4) is 0 Å². The van der Waals surface area contributed by atoms with Crippen LogP contribution in [0.15, 0.2) is 33.9 Å². The number of ether oxygens (including phenoxy) is 1. The molecule has 2 aromatic heterocycles. The SMILES string of the molecule is COc1ccc(C(=O)Nc2c(=O)[nH]n3c(=O)c(C)c(C(F)(F)F)[nH]c23)cc1. The minimum atomic E-state index is -4.84. The van der Waals surface area contributed by atoms with Crippen LogP contribution in [0.1, 0.15) is 21.6 Å². The number of halogens is 3. The molecule has 0 saturated carbocycles. The fourth-order valence-electron chi connectivity index (χ4n) is 2.52. The third-order valence-corrected chi connectivity index (χ3v) is 3.92. The summed E-state index contributed by atoms with van der Waals surface area (Å²) in [6, 6.07) is 5.83. The number of aromatic amines is 2. The number of anilines is 1. The van der Waals surface area contributed by atoms with Crippen LogP contribution in [0.2, 0.25) is 0 Å². The molecule has 3 aromatic rings. The summed E-state index contributed by atoms with van der Waals surface area (Å²) >= 11 is 0. The molecule has 0 saturated heterocycles. The predicted octanol–water partition coefficient (Wildman–Crippen LogP) is 1.90. The molecule has 3 N–H and O–H groups in total. The number of nitrogens with one attached hydrogen (secondary N) is 3. The van der Waals surface area contributed by atoms with E-state index in [4.69, 9.17) is 4.74 Å². The molecule has 0 radical (unpaired) electrons. The van der Waals surface area contributed by atoms with Gasteiger partial charge in [-0.15, -0.1) is 0 Å². The topological polar surface area (TPSA) is 108 Å². The highest BCUT2D eigenvalue weighted by molar-refractivity contribution is 6.05. The van der Waals surface area contributed by atoms with Crippen molar-refractivity contribution < 1.29 is 22.7 Å². The Balaban J connectivity index is 2.10. The quantitative estimate of drug-likeness (QED) is 0.643. The minimum absolute atomic E-state index is 0.139. The number of hydrogen-bond acceptors (Lipinski definition) is 4. The summed E-state index contributed by atoms with van der Waals surface area (Å²) in [5, 5.41) is 4.34. The van der Waals surface area contributed by atoms with Gasteiger partial charge in [0.25, 0.3) is 17.0 Å². The number of methoxy groups -OCH3 is 1. The van der Waals surface area contributed by atoms with E-state index in [1.807, 2.05) is 4.98 Å². The molecule has 0 bridgehead atoms. The molecule has 0 aliphatic rings. The van der Waals surface area contributed by atoms with Crippen molar-refractivity contribution in [3.63, 3.8) is 0 Å². The van der Waals surface area contributed by atoms with Gasteiger partial charge >= 0.3 is 6.18 Å². The first-order valence-corrected chi connectivity index (χ1v) is 7.53. The van der Waals surface area contributed by atoms with Crippen molar-refractivity contribution in [2.24, 2.45) is 0 Å². The van der Waals surface area contributed by atoms with Crippen LogP contribution in [0.25, 0.3) is 5.65 Å². The lowest BCUT2D eigenvalue weighted by Gasteiger charge is -2.11. The van der Waals surface area contributed by atoms with E-state index in [-0.39, 0.29) is 5.56 Å². The van der Waals surface area contributed by atoms with E-state index < -0.39 is 45.8 Å². The summed E-state index contributed by atoms with van der Waals surface area (Å²) in [5.41, 5.74) is -4.76. The summed E-state index contributed by atoms with van der Waals surface area (Å²) in [4.78, 5) is 38.5. The Labute approximate surface area is 148 Å². The predicted molar refractivity (Wildman–Crippen MR) is 89.3 cm³/mol. The summed E-state index contributed by atoms with van der Waals surface area (Å²) in [5.74, 6) is -0.250. The first-order chi connectivity index (χ1) is 12.6. The van der Waals surface area contributed by atoms with Crippen LogP contribution in [-0.2, 0) is 6.18 Å². The van der Waals surface area contributed by atoms with Gasteiger partial charge in [0.15, 0.2) is 11.3 Å². The zero-order valence-electron chi connectivity index (χ0n) is 14.0. The minimum Gasteiger partial charge on any atom is -0.497 e. The zero-order chi connectivity index (χ0) is 19.9. The maximum absolute atomic E-state index is 13.1. The van der Waals surface area contributed by atoms with Gasteiger partial charge in [0.05, 0.1) is 7.11 Å². The second-order valence-electron chi connectivity index (χ2n) is 5.61. The van der Waals surface area contributed by atoms with Gasteiger partial charge < -0.3 is 15.0 Å². The van der Waals surface area contributed by atoms with Crippen LogP contribution in [-0.4, -0.2) is 27.6 Å². The van der Waals surface area contributed by atoms with Crippen molar-refractivity contribution in [2.45, 2.75) is 13.1 Å². The van der Waals surface area contributed by atoms with E-state index >= 15 is 0 Å². The van der Waals surface area contributed by atoms with Crippen molar-refractivity contribution in [1.29, 1.82) is 0 Å². The zero-order valence-corrected chi connectivity index (χ0v) is 14.0. The average molecular weight is 382 g/mol. The molecule has 0 atom stereocenters. The maximum Gasteiger partial charge on any atom is 0.431 e. The molecular formula is C16H13F3N4O4. The molecule has 0 fully saturated rings. The molecular weight excluding hydrogens is 369 g/mol. The number of hydrogen-bond donors (Lipinski definition) is 3. The van der Waals surface area contributed by atoms with Gasteiger partial charge in [0.1, 0.15) is 11.4 Å². The van der Waals surface area contributed by atoms with E-state index in [0.717, 1.165) is 6.92 Å². The van der Waals surface area contributed by atoms with Gasteiger partial charge in [0, 0.05) is 11.1 Å². The van der Waals surface area contributed by atoms with Crippen LogP contribution in [0, 0.1) is 6.92 Å². The molecule has 27 heavy (non-hydrogen) atoms. The highest BCUT2D eigenvalue weighted by Crippen LogP contribution is 2.29. The molecule has 0 spiro atoms. The molecule has 1 amide bonds. The summed E-state index contributed by atoms with van der Waals surface area (Å²) < 4.78 is 45.0. The Morgan fingerprint density at radius 1 is 1.19 bits per heavy atom. The number of carbonyl (C=O) groups is 1. The van der Waals surface area contributed by atoms with Crippen LogP contribution in [0.4, 0.5) is 18.9 Å².